The van der Waals surface area contributed by atoms with Crippen LogP contribution in [0.3, 0.4) is 0 Å². The van der Waals surface area contributed by atoms with Crippen molar-refractivity contribution in [2.75, 3.05) is 6.61 Å². The number of pyridine rings is 1. The SMILES string of the molecule is N#Cc1cc(-c2nc(C3CCCO3)no2)ccn1. The molecule has 2 aromatic heterocycles. The predicted molar refractivity (Wildman–Crippen MR) is 60.2 cm³/mol. The number of aromatic nitrogens is 3. The zero-order valence-electron chi connectivity index (χ0n) is 9.54. The Morgan fingerprint density at radius 3 is 3.17 bits per heavy atom. The number of hydrogen-bond donors (Lipinski definition) is 0. The molecule has 0 aromatic carbocycles. The van der Waals surface area contributed by atoms with Crippen LogP contribution in [0.5, 0.6) is 0 Å². The van der Waals surface area contributed by atoms with Crippen molar-refractivity contribution in [2.24, 2.45) is 0 Å². The Labute approximate surface area is 103 Å². The zero-order valence-corrected chi connectivity index (χ0v) is 9.54. The lowest BCUT2D eigenvalue weighted by Gasteiger charge is -2.00. The van der Waals surface area contributed by atoms with Gasteiger partial charge in [0, 0.05) is 18.4 Å². The van der Waals surface area contributed by atoms with Crippen molar-refractivity contribution in [3.63, 3.8) is 0 Å². The highest BCUT2D eigenvalue weighted by Gasteiger charge is 2.23. The molecule has 1 saturated heterocycles. The maximum absolute atomic E-state index is 8.79. The van der Waals surface area contributed by atoms with Gasteiger partial charge in [-0.25, -0.2) is 4.98 Å². The Hall–Kier alpha value is -2.26. The van der Waals surface area contributed by atoms with Crippen LogP contribution >= 0.6 is 0 Å². The van der Waals surface area contributed by atoms with Crippen molar-refractivity contribution in [2.45, 2.75) is 18.9 Å². The highest BCUT2D eigenvalue weighted by Crippen LogP contribution is 2.28. The maximum Gasteiger partial charge on any atom is 0.258 e. The third kappa shape index (κ3) is 1.96. The Morgan fingerprint density at radius 2 is 2.39 bits per heavy atom. The van der Waals surface area contributed by atoms with Crippen molar-refractivity contribution in [1.29, 1.82) is 5.26 Å². The van der Waals surface area contributed by atoms with Crippen molar-refractivity contribution in [3.8, 4) is 17.5 Å². The summed E-state index contributed by atoms with van der Waals surface area (Å²) in [5.41, 5.74) is 1.02. The normalized spacial score (nSPS) is 18.7. The molecule has 2 aromatic rings. The minimum atomic E-state index is -0.0697. The van der Waals surface area contributed by atoms with Crippen LogP contribution < -0.4 is 0 Å². The van der Waals surface area contributed by atoms with Gasteiger partial charge >= 0.3 is 0 Å². The van der Waals surface area contributed by atoms with Crippen LogP contribution in [-0.4, -0.2) is 21.7 Å². The van der Waals surface area contributed by atoms with E-state index >= 15 is 0 Å². The molecule has 1 fully saturated rings. The molecule has 90 valence electrons. The van der Waals surface area contributed by atoms with Gasteiger partial charge < -0.3 is 9.26 Å². The molecule has 1 aliphatic heterocycles. The van der Waals surface area contributed by atoms with E-state index in [0.29, 0.717) is 23.0 Å². The average molecular weight is 242 g/mol. The molecule has 0 aliphatic carbocycles. The van der Waals surface area contributed by atoms with Gasteiger partial charge in [0.15, 0.2) is 0 Å². The lowest BCUT2D eigenvalue weighted by molar-refractivity contribution is 0.103. The fraction of sp³-hybridized carbons (Fsp3) is 0.333. The van der Waals surface area contributed by atoms with Gasteiger partial charge in [-0.3, -0.25) is 0 Å². The summed E-state index contributed by atoms with van der Waals surface area (Å²) in [7, 11) is 0. The van der Waals surface area contributed by atoms with E-state index in [2.05, 4.69) is 15.1 Å². The summed E-state index contributed by atoms with van der Waals surface area (Å²) in [6.07, 6.45) is 3.41. The summed E-state index contributed by atoms with van der Waals surface area (Å²) in [6.45, 7) is 0.738. The minimum Gasteiger partial charge on any atom is -0.370 e. The molecule has 0 bridgehead atoms. The number of nitrogens with zero attached hydrogens (tertiary/aromatic N) is 4. The van der Waals surface area contributed by atoms with Gasteiger partial charge in [0.25, 0.3) is 5.89 Å². The summed E-state index contributed by atoms with van der Waals surface area (Å²) in [6, 6.07) is 5.32. The quantitative estimate of drug-likeness (QED) is 0.798. The van der Waals surface area contributed by atoms with E-state index in [1.807, 2.05) is 6.07 Å². The fourth-order valence-corrected chi connectivity index (χ4v) is 1.89. The molecule has 3 heterocycles. The maximum atomic E-state index is 8.79. The van der Waals surface area contributed by atoms with Gasteiger partial charge in [-0.15, -0.1) is 0 Å². The topological polar surface area (TPSA) is 84.8 Å². The molecule has 1 unspecified atom stereocenters. The number of hydrogen-bond acceptors (Lipinski definition) is 6. The lowest BCUT2D eigenvalue weighted by Crippen LogP contribution is -1.97. The van der Waals surface area contributed by atoms with E-state index in [1.165, 1.54) is 0 Å². The zero-order chi connectivity index (χ0) is 12.4. The average Bonchev–Trinajstić information content (AvgIpc) is 3.09. The van der Waals surface area contributed by atoms with E-state index in [-0.39, 0.29) is 6.10 Å². The van der Waals surface area contributed by atoms with Gasteiger partial charge in [0.1, 0.15) is 17.9 Å². The molecule has 0 amide bonds. The monoisotopic (exact) mass is 242 g/mol. The Morgan fingerprint density at radius 1 is 1.44 bits per heavy atom. The number of rotatable bonds is 2. The van der Waals surface area contributed by atoms with Crippen LogP contribution in [-0.2, 0) is 4.74 Å². The van der Waals surface area contributed by atoms with Crippen molar-refractivity contribution in [1.82, 2.24) is 15.1 Å². The molecule has 3 rings (SSSR count). The minimum absolute atomic E-state index is 0.0697. The molecule has 6 heteroatoms. The van der Waals surface area contributed by atoms with E-state index in [1.54, 1.807) is 18.3 Å². The first-order chi connectivity index (χ1) is 8.86. The van der Waals surface area contributed by atoms with E-state index in [0.717, 1.165) is 19.4 Å². The number of ether oxygens (including phenoxy) is 1. The molecule has 0 N–H and O–H groups in total. The first kappa shape index (κ1) is 10.9. The molecule has 6 nitrogen and oxygen atoms in total. The first-order valence-electron chi connectivity index (χ1n) is 5.68. The molecule has 0 spiro atoms. The number of nitriles is 1. The second-order valence-corrected chi connectivity index (χ2v) is 4.00. The van der Waals surface area contributed by atoms with Crippen LogP contribution in [0.25, 0.3) is 11.5 Å². The molecular formula is C12H10N4O2. The van der Waals surface area contributed by atoms with Crippen LogP contribution in [0.4, 0.5) is 0 Å². The standard InChI is InChI=1S/C12H10N4O2/c13-7-9-6-8(3-4-14-9)12-15-11(16-18-12)10-2-1-5-17-10/h3-4,6,10H,1-2,5H2. The van der Waals surface area contributed by atoms with Crippen molar-refractivity contribution < 1.29 is 9.26 Å². The van der Waals surface area contributed by atoms with Crippen LogP contribution in [0, 0.1) is 11.3 Å². The fourth-order valence-electron chi connectivity index (χ4n) is 1.89. The van der Waals surface area contributed by atoms with Gasteiger partial charge in [-0.1, -0.05) is 5.16 Å². The molecular weight excluding hydrogens is 232 g/mol. The summed E-state index contributed by atoms with van der Waals surface area (Å²) in [4.78, 5) is 8.19. The lowest BCUT2D eigenvalue weighted by atomic mass is 10.2. The largest absolute Gasteiger partial charge is 0.370 e. The molecule has 1 atom stereocenters. The van der Waals surface area contributed by atoms with Crippen LogP contribution in [0.1, 0.15) is 30.5 Å². The van der Waals surface area contributed by atoms with Crippen molar-refractivity contribution in [3.05, 3.63) is 29.8 Å². The van der Waals surface area contributed by atoms with E-state index in [4.69, 9.17) is 14.5 Å². The van der Waals surface area contributed by atoms with Crippen molar-refractivity contribution >= 4 is 0 Å². The Balaban J connectivity index is 1.90. The molecule has 0 saturated carbocycles. The highest BCUT2D eigenvalue weighted by atomic mass is 16.5. The van der Waals surface area contributed by atoms with Gasteiger partial charge in [0.05, 0.1) is 0 Å². The van der Waals surface area contributed by atoms with Crippen LogP contribution in [0.2, 0.25) is 0 Å². The second-order valence-electron chi connectivity index (χ2n) is 4.00. The molecule has 0 radical (unpaired) electrons. The predicted octanol–water partition coefficient (Wildman–Crippen LogP) is 1.85. The Kier molecular flexibility index (Phi) is 2.74. The highest BCUT2D eigenvalue weighted by molar-refractivity contribution is 5.54. The second kappa shape index (κ2) is 4.55. The smallest absolute Gasteiger partial charge is 0.258 e. The van der Waals surface area contributed by atoms with E-state index in [9.17, 15) is 0 Å². The van der Waals surface area contributed by atoms with E-state index < -0.39 is 0 Å². The third-order valence-electron chi connectivity index (χ3n) is 2.78. The van der Waals surface area contributed by atoms with Gasteiger partial charge in [-0.05, 0) is 25.0 Å². The Bertz CT molecular complexity index is 596. The summed E-state index contributed by atoms with van der Waals surface area (Å²) >= 11 is 0. The summed E-state index contributed by atoms with van der Waals surface area (Å²) in [5.74, 6) is 0.956. The van der Waals surface area contributed by atoms with Gasteiger partial charge in [0.2, 0.25) is 5.82 Å². The summed E-state index contributed by atoms with van der Waals surface area (Å²) in [5, 5.41) is 12.7. The summed E-state index contributed by atoms with van der Waals surface area (Å²) < 4.78 is 10.7. The van der Waals surface area contributed by atoms with Gasteiger partial charge in [-0.2, -0.15) is 10.2 Å². The molecule has 18 heavy (non-hydrogen) atoms. The molecule has 1 aliphatic rings. The first-order valence-corrected chi connectivity index (χ1v) is 5.68. The van der Waals surface area contributed by atoms with Crippen LogP contribution in [0.15, 0.2) is 22.9 Å². The third-order valence-corrected chi connectivity index (χ3v) is 2.78.